The highest BCUT2D eigenvalue weighted by atomic mass is 16.3. The maximum absolute atomic E-state index is 8.72. The average Bonchev–Trinajstić information content (AvgIpc) is 2.82. The van der Waals surface area contributed by atoms with E-state index in [2.05, 4.69) is 9.88 Å². The Kier molecular flexibility index (Phi) is 3.98. The van der Waals surface area contributed by atoms with E-state index in [1.54, 1.807) is 12.5 Å². The molecule has 0 amide bonds. The Morgan fingerprint density at radius 1 is 1.29 bits per heavy atom. The van der Waals surface area contributed by atoms with Crippen LogP contribution >= 0.6 is 0 Å². The smallest absolute Gasteiger partial charge is 0.139 e. The predicted octanol–water partition coefficient (Wildman–Crippen LogP) is 2.43. The van der Waals surface area contributed by atoms with Gasteiger partial charge in [0.05, 0.1) is 11.6 Å². The number of furan rings is 1. The van der Waals surface area contributed by atoms with Gasteiger partial charge in [0.1, 0.15) is 11.4 Å². The molecule has 0 spiro atoms. The van der Waals surface area contributed by atoms with Crippen molar-refractivity contribution in [3.8, 4) is 0 Å². The Labute approximate surface area is 101 Å². The molecule has 4 nitrogen and oxygen atoms in total. The Morgan fingerprint density at radius 2 is 2.18 bits per heavy atom. The highest BCUT2D eigenvalue weighted by Gasteiger charge is 2.08. The molecule has 0 fully saturated rings. The minimum atomic E-state index is 0.277. The summed E-state index contributed by atoms with van der Waals surface area (Å²) in [5, 5.41) is 9.78. The van der Waals surface area contributed by atoms with Gasteiger partial charge in [-0.25, -0.2) is 4.98 Å². The lowest BCUT2D eigenvalue weighted by molar-refractivity contribution is 0.283. The van der Waals surface area contributed by atoms with E-state index in [0.717, 1.165) is 42.6 Å². The van der Waals surface area contributed by atoms with Crippen molar-refractivity contribution in [1.29, 1.82) is 0 Å². The molecule has 0 radical (unpaired) electrons. The van der Waals surface area contributed by atoms with Gasteiger partial charge in [0.25, 0.3) is 0 Å². The predicted molar refractivity (Wildman–Crippen MR) is 68.2 cm³/mol. The summed E-state index contributed by atoms with van der Waals surface area (Å²) in [6.45, 7) is 1.22. The number of hydrogen-bond donors (Lipinski definition) is 1. The number of unbranched alkanes of at least 4 members (excludes halogenated alkanes) is 2. The van der Waals surface area contributed by atoms with Gasteiger partial charge in [-0.05, 0) is 31.4 Å². The molecule has 2 heterocycles. The number of nitrogens with zero attached hydrogens (tertiary/aromatic N) is 2. The van der Waals surface area contributed by atoms with Gasteiger partial charge in [-0.3, -0.25) is 0 Å². The van der Waals surface area contributed by atoms with Gasteiger partial charge >= 0.3 is 0 Å². The summed E-state index contributed by atoms with van der Waals surface area (Å²) in [6, 6.07) is 3.82. The van der Waals surface area contributed by atoms with E-state index in [4.69, 9.17) is 9.52 Å². The topological polar surface area (TPSA) is 49.5 Å². The highest BCUT2D eigenvalue weighted by Crippen LogP contribution is 2.24. The van der Waals surface area contributed by atoms with Crippen molar-refractivity contribution < 1.29 is 9.52 Å². The van der Waals surface area contributed by atoms with Crippen LogP contribution in [0.15, 0.2) is 29.0 Å². The third-order valence-electron chi connectivity index (χ3n) is 2.87. The van der Waals surface area contributed by atoms with Crippen LogP contribution in [0.5, 0.6) is 0 Å². The summed E-state index contributed by atoms with van der Waals surface area (Å²) in [7, 11) is 2.04. The maximum atomic E-state index is 8.72. The van der Waals surface area contributed by atoms with Crippen LogP contribution < -0.4 is 4.90 Å². The molecule has 92 valence electrons. The molecule has 2 aromatic heterocycles. The zero-order valence-corrected chi connectivity index (χ0v) is 10.1. The number of fused-ring (bicyclic) bond motifs is 1. The van der Waals surface area contributed by atoms with Crippen molar-refractivity contribution in [2.24, 2.45) is 0 Å². The minimum absolute atomic E-state index is 0.277. The molecule has 0 saturated carbocycles. The van der Waals surface area contributed by atoms with Crippen molar-refractivity contribution in [1.82, 2.24) is 4.98 Å². The van der Waals surface area contributed by atoms with Crippen LogP contribution in [-0.2, 0) is 0 Å². The Morgan fingerprint density at radius 3 is 3.00 bits per heavy atom. The van der Waals surface area contributed by atoms with E-state index >= 15 is 0 Å². The first kappa shape index (κ1) is 11.9. The van der Waals surface area contributed by atoms with Crippen LogP contribution in [0, 0.1) is 0 Å². The van der Waals surface area contributed by atoms with Crippen molar-refractivity contribution >= 4 is 16.8 Å². The third-order valence-corrected chi connectivity index (χ3v) is 2.87. The SMILES string of the molecule is CN(CCCCCO)c1nccc2occc12. The third kappa shape index (κ3) is 2.77. The number of aliphatic hydroxyl groups is 1. The van der Waals surface area contributed by atoms with E-state index in [9.17, 15) is 0 Å². The standard InChI is InChI=1S/C13H18N2O2/c1-15(8-3-2-4-9-16)13-11-6-10-17-12(11)5-7-14-13/h5-7,10,16H,2-4,8-9H2,1H3. The zero-order chi connectivity index (χ0) is 12.1. The Bertz CT molecular complexity index is 467. The fraction of sp³-hybridized carbons (Fsp3) is 0.462. The number of aliphatic hydroxyl groups excluding tert-OH is 1. The molecule has 1 N–H and O–H groups in total. The second kappa shape index (κ2) is 5.68. The maximum Gasteiger partial charge on any atom is 0.139 e. The zero-order valence-electron chi connectivity index (χ0n) is 10.1. The van der Waals surface area contributed by atoms with Gasteiger partial charge in [0, 0.05) is 26.4 Å². The summed E-state index contributed by atoms with van der Waals surface area (Å²) >= 11 is 0. The van der Waals surface area contributed by atoms with E-state index in [0.29, 0.717) is 0 Å². The summed E-state index contributed by atoms with van der Waals surface area (Å²) in [6.07, 6.45) is 6.44. The summed E-state index contributed by atoms with van der Waals surface area (Å²) in [4.78, 5) is 6.53. The molecular formula is C13H18N2O2. The van der Waals surface area contributed by atoms with Crippen LogP contribution in [-0.4, -0.2) is 30.3 Å². The van der Waals surface area contributed by atoms with Gasteiger partial charge in [0.2, 0.25) is 0 Å². The van der Waals surface area contributed by atoms with Crippen molar-refractivity contribution in [2.45, 2.75) is 19.3 Å². The molecule has 17 heavy (non-hydrogen) atoms. The molecule has 4 heteroatoms. The van der Waals surface area contributed by atoms with E-state index in [-0.39, 0.29) is 6.61 Å². The van der Waals surface area contributed by atoms with Crippen LogP contribution in [0.4, 0.5) is 5.82 Å². The van der Waals surface area contributed by atoms with Crippen molar-refractivity contribution in [3.63, 3.8) is 0 Å². The van der Waals surface area contributed by atoms with E-state index < -0.39 is 0 Å². The summed E-state index contributed by atoms with van der Waals surface area (Å²) in [5.74, 6) is 0.959. The van der Waals surface area contributed by atoms with Gasteiger partial charge in [-0.1, -0.05) is 0 Å². The van der Waals surface area contributed by atoms with E-state index in [1.165, 1.54) is 0 Å². The molecule has 0 unspecified atom stereocenters. The fourth-order valence-electron chi connectivity index (χ4n) is 1.93. The lowest BCUT2D eigenvalue weighted by Gasteiger charge is -2.18. The second-order valence-corrected chi connectivity index (χ2v) is 4.17. The van der Waals surface area contributed by atoms with Gasteiger partial charge in [-0.15, -0.1) is 0 Å². The molecule has 0 bridgehead atoms. The molecule has 0 aliphatic heterocycles. The minimum Gasteiger partial charge on any atom is -0.464 e. The normalized spacial score (nSPS) is 10.9. The number of hydrogen-bond acceptors (Lipinski definition) is 4. The summed E-state index contributed by atoms with van der Waals surface area (Å²) < 4.78 is 5.35. The monoisotopic (exact) mass is 234 g/mol. The Balaban J connectivity index is 2.03. The lowest BCUT2D eigenvalue weighted by Crippen LogP contribution is -2.19. The van der Waals surface area contributed by atoms with Gasteiger partial charge in [0.15, 0.2) is 0 Å². The fourth-order valence-corrected chi connectivity index (χ4v) is 1.93. The van der Waals surface area contributed by atoms with Crippen LogP contribution in [0.1, 0.15) is 19.3 Å². The molecule has 2 rings (SSSR count). The molecular weight excluding hydrogens is 216 g/mol. The lowest BCUT2D eigenvalue weighted by atomic mass is 10.2. The van der Waals surface area contributed by atoms with Gasteiger partial charge in [-0.2, -0.15) is 0 Å². The molecule has 0 aliphatic carbocycles. The largest absolute Gasteiger partial charge is 0.464 e. The Hall–Kier alpha value is -1.55. The first-order chi connectivity index (χ1) is 8.33. The van der Waals surface area contributed by atoms with Crippen LogP contribution in [0.3, 0.4) is 0 Å². The first-order valence-electron chi connectivity index (χ1n) is 5.97. The molecule has 0 saturated heterocycles. The number of rotatable bonds is 6. The average molecular weight is 234 g/mol. The van der Waals surface area contributed by atoms with Gasteiger partial charge < -0.3 is 14.4 Å². The summed E-state index contributed by atoms with van der Waals surface area (Å²) in [5.41, 5.74) is 0.872. The molecule has 0 aliphatic rings. The number of aromatic nitrogens is 1. The van der Waals surface area contributed by atoms with E-state index in [1.807, 2.05) is 19.2 Å². The molecule has 2 aromatic rings. The molecule has 0 aromatic carbocycles. The van der Waals surface area contributed by atoms with Crippen LogP contribution in [0.2, 0.25) is 0 Å². The second-order valence-electron chi connectivity index (χ2n) is 4.17. The first-order valence-corrected chi connectivity index (χ1v) is 5.97. The number of anilines is 1. The van der Waals surface area contributed by atoms with Crippen molar-refractivity contribution in [3.05, 3.63) is 24.6 Å². The highest BCUT2D eigenvalue weighted by molar-refractivity contribution is 5.88. The molecule has 0 atom stereocenters. The van der Waals surface area contributed by atoms with Crippen LogP contribution in [0.25, 0.3) is 11.0 Å². The quantitative estimate of drug-likeness (QED) is 0.780. The van der Waals surface area contributed by atoms with Crippen molar-refractivity contribution in [2.75, 3.05) is 25.1 Å². The number of pyridine rings is 1.